The fourth-order valence-corrected chi connectivity index (χ4v) is 5.48. The largest absolute Gasteiger partial charge is 0.321 e. The minimum Gasteiger partial charge on any atom is -0.321 e. The molecule has 0 spiro atoms. The molecule has 0 bridgehead atoms. The number of amides is 1. The van der Waals surface area contributed by atoms with Crippen LogP contribution in [-0.4, -0.2) is 35.6 Å². The molecule has 1 atom stereocenters. The minimum atomic E-state index is -2.99. The second-order valence-electron chi connectivity index (χ2n) is 6.80. The maximum absolute atomic E-state index is 12.7. The van der Waals surface area contributed by atoms with E-state index in [0.717, 1.165) is 42.6 Å². The van der Waals surface area contributed by atoms with Crippen molar-refractivity contribution >= 4 is 21.4 Å². The first kappa shape index (κ1) is 16.3. The van der Waals surface area contributed by atoms with E-state index in [9.17, 15) is 13.2 Å². The summed E-state index contributed by atoms with van der Waals surface area (Å²) in [6.07, 6.45) is 4.35. The topological polar surface area (TPSA) is 81.1 Å². The van der Waals surface area contributed by atoms with Gasteiger partial charge in [0.15, 0.2) is 15.5 Å². The zero-order valence-electron chi connectivity index (χ0n) is 13.9. The Labute approximate surface area is 147 Å². The minimum absolute atomic E-state index is 0.126. The van der Waals surface area contributed by atoms with E-state index in [1.165, 1.54) is 0 Å². The number of hydrogen-bond donors (Lipinski definition) is 1. The highest BCUT2D eigenvalue weighted by Gasteiger charge is 2.34. The molecule has 25 heavy (non-hydrogen) atoms. The first-order valence-electron chi connectivity index (χ1n) is 8.70. The number of benzene rings is 1. The van der Waals surface area contributed by atoms with Gasteiger partial charge >= 0.3 is 0 Å². The molecule has 2 aromatic rings. The molecule has 7 heteroatoms. The highest BCUT2D eigenvalue weighted by molar-refractivity contribution is 7.91. The number of carbonyl (C=O) groups is 1. The number of hydrogen-bond acceptors (Lipinski definition) is 4. The second-order valence-corrected chi connectivity index (χ2v) is 9.03. The van der Waals surface area contributed by atoms with Crippen LogP contribution >= 0.6 is 0 Å². The predicted octanol–water partition coefficient (Wildman–Crippen LogP) is 2.37. The lowest BCUT2D eigenvalue weighted by molar-refractivity contribution is 0.102. The average molecular weight is 359 g/mol. The normalized spacial score (nSPS) is 21.7. The van der Waals surface area contributed by atoms with E-state index in [0.29, 0.717) is 12.1 Å². The van der Waals surface area contributed by atoms with Gasteiger partial charge in [-0.05, 0) is 44.2 Å². The molecule has 1 saturated heterocycles. The standard InChI is InChI=1S/C18H21N3O3S/c22-18(19-13-6-2-1-3-7-13)17-15-8-4-5-9-16(15)21(20-17)14-10-11-25(23,24)12-14/h1-3,6-7,14H,4-5,8-12H2,(H,19,22)/t14-/m0/s1. The summed E-state index contributed by atoms with van der Waals surface area (Å²) in [6.45, 7) is 0. The van der Waals surface area contributed by atoms with Crippen LogP contribution in [0.1, 0.15) is 47.1 Å². The van der Waals surface area contributed by atoms with Gasteiger partial charge in [0.2, 0.25) is 0 Å². The number of carbonyl (C=O) groups excluding carboxylic acids is 1. The summed E-state index contributed by atoms with van der Waals surface area (Å²) in [4.78, 5) is 12.7. The predicted molar refractivity (Wildman–Crippen MR) is 95.6 cm³/mol. The van der Waals surface area contributed by atoms with E-state index in [4.69, 9.17) is 0 Å². The Morgan fingerprint density at radius 2 is 1.92 bits per heavy atom. The van der Waals surface area contributed by atoms with Crippen LogP contribution in [0.15, 0.2) is 30.3 Å². The molecule has 1 fully saturated rings. The molecule has 1 aliphatic heterocycles. The van der Waals surface area contributed by atoms with Crippen molar-refractivity contribution in [2.45, 2.75) is 38.1 Å². The number of rotatable bonds is 3. The number of anilines is 1. The lowest BCUT2D eigenvalue weighted by atomic mass is 9.95. The van der Waals surface area contributed by atoms with Crippen LogP contribution in [0.3, 0.4) is 0 Å². The number of aromatic nitrogens is 2. The van der Waals surface area contributed by atoms with Crippen molar-refractivity contribution in [2.24, 2.45) is 0 Å². The molecule has 1 N–H and O–H groups in total. The molecule has 0 radical (unpaired) electrons. The fourth-order valence-electron chi connectivity index (χ4n) is 3.79. The fraction of sp³-hybridized carbons (Fsp3) is 0.444. The third kappa shape index (κ3) is 3.20. The van der Waals surface area contributed by atoms with Crippen LogP contribution in [-0.2, 0) is 22.7 Å². The van der Waals surface area contributed by atoms with Gasteiger partial charge in [0, 0.05) is 16.9 Å². The Bertz CT molecular complexity index is 903. The first-order valence-corrected chi connectivity index (χ1v) is 10.5. The van der Waals surface area contributed by atoms with Gasteiger partial charge in [-0.2, -0.15) is 5.10 Å². The van der Waals surface area contributed by atoms with E-state index >= 15 is 0 Å². The highest BCUT2D eigenvalue weighted by Crippen LogP contribution is 2.31. The molecular formula is C18H21N3O3S. The van der Waals surface area contributed by atoms with Crippen molar-refractivity contribution in [1.82, 2.24) is 9.78 Å². The number of para-hydroxylation sites is 1. The van der Waals surface area contributed by atoms with Crippen LogP contribution < -0.4 is 5.32 Å². The van der Waals surface area contributed by atoms with Gasteiger partial charge in [-0.3, -0.25) is 9.48 Å². The molecule has 4 rings (SSSR count). The number of nitrogens with one attached hydrogen (secondary N) is 1. The lowest BCUT2D eigenvalue weighted by Crippen LogP contribution is -2.17. The molecule has 1 aromatic carbocycles. The molecule has 1 aliphatic carbocycles. The quantitative estimate of drug-likeness (QED) is 0.912. The van der Waals surface area contributed by atoms with E-state index in [2.05, 4.69) is 10.4 Å². The first-order chi connectivity index (χ1) is 12.0. The molecule has 0 saturated carbocycles. The van der Waals surface area contributed by atoms with Gasteiger partial charge in [-0.1, -0.05) is 18.2 Å². The summed E-state index contributed by atoms with van der Waals surface area (Å²) in [5.41, 5.74) is 3.22. The van der Waals surface area contributed by atoms with Crippen molar-refractivity contribution in [3.8, 4) is 0 Å². The summed E-state index contributed by atoms with van der Waals surface area (Å²) in [7, 11) is -2.99. The maximum Gasteiger partial charge on any atom is 0.276 e. The molecule has 1 amide bonds. The molecule has 2 heterocycles. The van der Waals surface area contributed by atoms with Crippen molar-refractivity contribution in [1.29, 1.82) is 0 Å². The average Bonchev–Trinajstić information content (AvgIpc) is 3.16. The van der Waals surface area contributed by atoms with E-state index in [1.807, 2.05) is 35.0 Å². The Morgan fingerprint density at radius 1 is 1.16 bits per heavy atom. The van der Waals surface area contributed by atoms with E-state index < -0.39 is 9.84 Å². The smallest absolute Gasteiger partial charge is 0.276 e. The Kier molecular flexibility index (Phi) is 4.11. The number of sulfone groups is 1. The Balaban J connectivity index is 1.67. The van der Waals surface area contributed by atoms with Crippen LogP contribution in [0, 0.1) is 0 Å². The molecule has 0 unspecified atom stereocenters. The summed E-state index contributed by atoms with van der Waals surface area (Å²) in [6, 6.07) is 9.16. The van der Waals surface area contributed by atoms with Crippen LogP contribution in [0.4, 0.5) is 5.69 Å². The highest BCUT2D eigenvalue weighted by atomic mass is 32.2. The van der Waals surface area contributed by atoms with Crippen molar-refractivity contribution in [2.75, 3.05) is 16.8 Å². The maximum atomic E-state index is 12.7. The monoisotopic (exact) mass is 359 g/mol. The second kappa shape index (κ2) is 6.29. The molecule has 2 aliphatic rings. The lowest BCUT2D eigenvalue weighted by Gasteiger charge is -2.17. The SMILES string of the molecule is O=C(Nc1ccccc1)c1nn([C@H]2CCS(=O)(=O)C2)c2c1CCCC2. The Morgan fingerprint density at radius 3 is 2.64 bits per heavy atom. The van der Waals surface area contributed by atoms with E-state index in [1.54, 1.807) is 0 Å². The zero-order chi connectivity index (χ0) is 17.4. The summed E-state index contributed by atoms with van der Waals surface area (Å²) >= 11 is 0. The molecule has 132 valence electrons. The van der Waals surface area contributed by atoms with Crippen molar-refractivity contribution in [3.63, 3.8) is 0 Å². The van der Waals surface area contributed by atoms with Gasteiger partial charge in [0.25, 0.3) is 5.91 Å². The van der Waals surface area contributed by atoms with E-state index in [-0.39, 0.29) is 23.5 Å². The van der Waals surface area contributed by atoms with Crippen LogP contribution in [0.2, 0.25) is 0 Å². The molecular weight excluding hydrogens is 338 g/mol. The van der Waals surface area contributed by atoms with Gasteiger partial charge in [-0.25, -0.2) is 8.42 Å². The number of nitrogens with zero attached hydrogens (tertiary/aromatic N) is 2. The number of fused-ring (bicyclic) bond motifs is 1. The van der Waals surface area contributed by atoms with Crippen LogP contribution in [0.5, 0.6) is 0 Å². The third-order valence-electron chi connectivity index (χ3n) is 5.01. The van der Waals surface area contributed by atoms with Gasteiger partial charge in [-0.15, -0.1) is 0 Å². The molecule has 6 nitrogen and oxygen atoms in total. The van der Waals surface area contributed by atoms with Crippen LogP contribution in [0.25, 0.3) is 0 Å². The zero-order valence-corrected chi connectivity index (χ0v) is 14.8. The van der Waals surface area contributed by atoms with Gasteiger partial charge in [0.1, 0.15) is 0 Å². The summed E-state index contributed by atoms with van der Waals surface area (Å²) in [5.74, 6) is 0.113. The summed E-state index contributed by atoms with van der Waals surface area (Å²) in [5, 5.41) is 7.47. The Hall–Kier alpha value is -2.15. The van der Waals surface area contributed by atoms with Crippen molar-refractivity contribution < 1.29 is 13.2 Å². The van der Waals surface area contributed by atoms with Gasteiger partial charge in [0.05, 0.1) is 17.5 Å². The summed E-state index contributed by atoms with van der Waals surface area (Å²) < 4.78 is 25.5. The van der Waals surface area contributed by atoms with Gasteiger partial charge < -0.3 is 5.32 Å². The van der Waals surface area contributed by atoms with Crippen molar-refractivity contribution in [3.05, 3.63) is 47.3 Å². The molecule has 1 aromatic heterocycles. The third-order valence-corrected chi connectivity index (χ3v) is 6.76.